The van der Waals surface area contributed by atoms with Gasteiger partial charge in [0.1, 0.15) is 5.82 Å². The van der Waals surface area contributed by atoms with Crippen LogP contribution in [0, 0.1) is 6.92 Å². The topological polar surface area (TPSA) is 48.5 Å². The number of fused-ring (bicyclic) bond motifs is 1. The average molecular weight is 346 g/mol. The first-order valence-corrected chi connectivity index (χ1v) is 8.92. The van der Waals surface area contributed by atoms with E-state index in [0.717, 1.165) is 35.7 Å². The summed E-state index contributed by atoms with van der Waals surface area (Å²) in [5, 5.41) is 5.32. The molecule has 0 saturated carbocycles. The molecule has 5 heteroatoms. The van der Waals surface area contributed by atoms with Crippen molar-refractivity contribution < 1.29 is 4.79 Å². The van der Waals surface area contributed by atoms with Crippen molar-refractivity contribution in [3.8, 4) is 0 Å². The molecular weight excluding hydrogens is 324 g/mol. The smallest absolute Gasteiger partial charge is 0.321 e. The number of aryl methyl sites for hydroxylation is 1. The SMILES string of the molecule is Cc1cccc(N2CCN(C(=O)Nc3ccc4ccccc4c3)CC2)n1. The van der Waals surface area contributed by atoms with E-state index in [0.29, 0.717) is 13.1 Å². The Morgan fingerprint density at radius 3 is 2.46 bits per heavy atom. The Morgan fingerprint density at radius 2 is 1.69 bits per heavy atom. The molecular formula is C21H22N4O. The van der Waals surface area contributed by atoms with E-state index in [1.54, 1.807) is 0 Å². The highest BCUT2D eigenvalue weighted by Gasteiger charge is 2.22. The van der Waals surface area contributed by atoms with Gasteiger partial charge in [0, 0.05) is 37.6 Å². The van der Waals surface area contributed by atoms with Gasteiger partial charge in [-0.05, 0) is 42.0 Å². The average Bonchev–Trinajstić information content (AvgIpc) is 2.68. The van der Waals surface area contributed by atoms with Gasteiger partial charge in [-0.25, -0.2) is 9.78 Å². The summed E-state index contributed by atoms with van der Waals surface area (Å²) >= 11 is 0. The summed E-state index contributed by atoms with van der Waals surface area (Å²) in [6, 6.07) is 20.1. The largest absolute Gasteiger partial charge is 0.353 e. The molecule has 0 spiro atoms. The van der Waals surface area contributed by atoms with Gasteiger partial charge in [0.2, 0.25) is 0 Å². The Morgan fingerprint density at radius 1 is 0.923 bits per heavy atom. The molecule has 2 amide bonds. The van der Waals surface area contributed by atoms with E-state index in [4.69, 9.17) is 0 Å². The maximum Gasteiger partial charge on any atom is 0.321 e. The molecule has 0 radical (unpaired) electrons. The maximum absolute atomic E-state index is 12.6. The van der Waals surface area contributed by atoms with E-state index in [1.165, 1.54) is 5.39 Å². The second kappa shape index (κ2) is 7.04. The minimum atomic E-state index is -0.0443. The zero-order valence-electron chi connectivity index (χ0n) is 14.9. The van der Waals surface area contributed by atoms with E-state index in [-0.39, 0.29) is 6.03 Å². The van der Waals surface area contributed by atoms with Gasteiger partial charge in [0.25, 0.3) is 0 Å². The van der Waals surface area contributed by atoms with Crippen molar-refractivity contribution in [2.45, 2.75) is 6.92 Å². The zero-order valence-corrected chi connectivity index (χ0v) is 14.9. The van der Waals surface area contributed by atoms with Crippen LogP contribution in [0.5, 0.6) is 0 Å². The van der Waals surface area contributed by atoms with Crippen LogP contribution in [0.4, 0.5) is 16.3 Å². The van der Waals surface area contributed by atoms with Crippen molar-refractivity contribution in [1.29, 1.82) is 0 Å². The summed E-state index contributed by atoms with van der Waals surface area (Å²) in [4.78, 5) is 21.2. The van der Waals surface area contributed by atoms with Crippen LogP contribution in [0.2, 0.25) is 0 Å². The van der Waals surface area contributed by atoms with Gasteiger partial charge in [-0.2, -0.15) is 0 Å². The molecule has 0 unspecified atom stereocenters. The second-order valence-corrected chi connectivity index (χ2v) is 6.60. The van der Waals surface area contributed by atoms with E-state index < -0.39 is 0 Å². The van der Waals surface area contributed by atoms with Crippen LogP contribution >= 0.6 is 0 Å². The first kappa shape index (κ1) is 16.4. The van der Waals surface area contributed by atoms with Gasteiger partial charge in [0.15, 0.2) is 0 Å². The predicted molar refractivity (Wildman–Crippen MR) is 106 cm³/mol. The number of hydrogen-bond acceptors (Lipinski definition) is 3. The minimum absolute atomic E-state index is 0.0443. The number of carbonyl (C=O) groups is 1. The molecule has 2 heterocycles. The van der Waals surface area contributed by atoms with Crippen LogP contribution in [0.3, 0.4) is 0 Å². The molecule has 3 aromatic rings. The molecule has 5 nitrogen and oxygen atoms in total. The van der Waals surface area contributed by atoms with Gasteiger partial charge >= 0.3 is 6.03 Å². The molecule has 26 heavy (non-hydrogen) atoms. The number of rotatable bonds is 2. The third-order valence-corrected chi connectivity index (χ3v) is 4.77. The Hall–Kier alpha value is -3.08. The molecule has 132 valence electrons. The van der Waals surface area contributed by atoms with Crippen LogP contribution in [-0.4, -0.2) is 42.1 Å². The summed E-state index contributed by atoms with van der Waals surface area (Å²) in [6.45, 7) is 4.96. The van der Waals surface area contributed by atoms with E-state index in [2.05, 4.69) is 27.3 Å². The molecule has 1 N–H and O–H groups in total. The van der Waals surface area contributed by atoms with Crippen LogP contribution in [0.25, 0.3) is 10.8 Å². The lowest BCUT2D eigenvalue weighted by atomic mass is 10.1. The summed E-state index contributed by atoms with van der Waals surface area (Å²) in [6.07, 6.45) is 0. The number of pyridine rings is 1. The Balaban J connectivity index is 1.38. The number of amides is 2. The Kier molecular flexibility index (Phi) is 4.44. The van der Waals surface area contributed by atoms with Crippen LogP contribution in [-0.2, 0) is 0 Å². The maximum atomic E-state index is 12.6. The highest BCUT2D eigenvalue weighted by atomic mass is 16.2. The number of nitrogens with zero attached hydrogens (tertiary/aromatic N) is 3. The molecule has 1 aromatic heterocycles. The highest BCUT2D eigenvalue weighted by Crippen LogP contribution is 2.20. The Labute approximate surface area is 153 Å². The van der Waals surface area contributed by atoms with Crippen molar-refractivity contribution in [1.82, 2.24) is 9.88 Å². The first-order valence-electron chi connectivity index (χ1n) is 8.92. The molecule has 0 atom stereocenters. The third-order valence-electron chi connectivity index (χ3n) is 4.77. The Bertz CT molecular complexity index is 932. The molecule has 1 aliphatic rings. The quantitative estimate of drug-likeness (QED) is 0.766. The normalized spacial score (nSPS) is 14.5. The lowest BCUT2D eigenvalue weighted by molar-refractivity contribution is 0.208. The summed E-state index contributed by atoms with van der Waals surface area (Å²) in [5.41, 5.74) is 1.84. The minimum Gasteiger partial charge on any atom is -0.353 e. The van der Waals surface area contributed by atoms with E-state index in [9.17, 15) is 4.79 Å². The lowest BCUT2D eigenvalue weighted by Crippen LogP contribution is -2.50. The van der Waals surface area contributed by atoms with Crippen molar-refractivity contribution in [2.24, 2.45) is 0 Å². The standard InChI is InChI=1S/C21H22N4O/c1-16-5-4-8-20(22-16)24-11-13-25(14-12-24)21(26)23-19-10-9-17-6-2-3-7-18(17)15-19/h2-10,15H,11-14H2,1H3,(H,23,26). The summed E-state index contributed by atoms with van der Waals surface area (Å²) in [5.74, 6) is 0.986. The zero-order chi connectivity index (χ0) is 17.9. The number of anilines is 2. The van der Waals surface area contributed by atoms with Gasteiger partial charge in [-0.3, -0.25) is 0 Å². The van der Waals surface area contributed by atoms with Crippen LogP contribution in [0.15, 0.2) is 60.7 Å². The van der Waals surface area contributed by atoms with E-state index >= 15 is 0 Å². The van der Waals surface area contributed by atoms with E-state index in [1.807, 2.05) is 60.4 Å². The van der Waals surface area contributed by atoms with Gasteiger partial charge in [-0.15, -0.1) is 0 Å². The third kappa shape index (κ3) is 3.47. The molecule has 4 rings (SSSR count). The number of urea groups is 1. The van der Waals surface area contributed by atoms with Crippen LogP contribution < -0.4 is 10.2 Å². The van der Waals surface area contributed by atoms with Gasteiger partial charge in [0.05, 0.1) is 0 Å². The highest BCUT2D eigenvalue weighted by molar-refractivity contribution is 5.93. The van der Waals surface area contributed by atoms with Crippen molar-refractivity contribution in [3.05, 3.63) is 66.4 Å². The summed E-state index contributed by atoms with van der Waals surface area (Å²) < 4.78 is 0. The first-order chi connectivity index (χ1) is 12.7. The number of carbonyl (C=O) groups excluding carboxylic acids is 1. The molecule has 0 bridgehead atoms. The molecule has 1 saturated heterocycles. The molecule has 2 aromatic carbocycles. The lowest BCUT2D eigenvalue weighted by Gasteiger charge is -2.35. The molecule has 0 aliphatic carbocycles. The van der Waals surface area contributed by atoms with Gasteiger partial charge in [-0.1, -0.05) is 36.4 Å². The van der Waals surface area contributed by atoms with Gasteiger partial charge < -0.3 is 15.1 Å². The van der Waals surface area contributed by atoms with Crippen LogP contribution in [0.1, 0.15) is 5.69 Å². The fourth-order valence-electron chi connectivity index (χ4n) is 3.31. The number of nitrogens with one attached hydrogen (secondary N) is 1. The summed E-state index contributed by atoms with van der Waals surface area (Å²) in [7, 11) is 0. The number of piperazine rings is 1. The predicted octanol–water partition coefficient (Wildman–Crippen LogP) is 3.90. The number of aromatic nitrogens is 1. The molecule has 1 fully saturated rings. The monoisotopic (exact) mass is 346 g/mol. The van der Waals surface area contributed by atoms with Crippen molar-refractivity contribution in [2.75, 3.05) is 36.4 Å². The molecule has 1 aliphatic heterocycles. The number of benzene rings is 2. The second-order valence-electron chi connectivity index (χ2n) is 6.60. The number of hydrogen-bond donors (Lipinski definition) is 1. The fourth-order valence-corrected chi connectivity index (χ4v) is 3.31. The van der Waals surface area contributed by atoms with Crippen molar-refractivity contribution >= 4 is 28.3 Å². The van der Waals surface area contributed by atoms with Crippen molar-refractivity contribution in [3.63, 3.8) is 0 Å². The fraction of sp³-hybridized carbons (Fsp3) is 0.238.